The Bertz CT molecular complexity index is 895. The van der Waals surface area contributed by atoms with Crippen molar-refractivity contribution in [1.29, 1.82) is 5.26 Å². The number of nitrogens with zero attached hydrogens (tertiary/aromatic N) is 3. The summed E-state index contributed by atoms with van der Waals surface area (Å²) in [5, 5.41) is 13.1. The Morgan fingerprint density at radius 3 is 2.79 bits per heavy atom. The summed E-state index contributed by atoms with van der Waals surface area (Å²) in [6.45, 7) is 0. The van der Waals surface area contributed by atoms with Crippen molar-refractivity contribution < 1.29 is 0 Å². The minimum Gasteiger partial charge on any atom is -0.328 e. The van der Waals surface area contributed by atoms with Crippen LogP contribution in [0.25, 0.3) is 0 Å². The van der Waals surface area contributed by atoms with Gasteiger partial charge in [-0.15, -0.1) is 0 Å². The molecule has 5 heteroatoms. The maximum Gasteiger partial charge on any atom is 0.153 e. The Balaban J connectivity index is 1.96. The van der Waals surface area contributed by atoms with Crippen molar-refractivity contribution in [2.45, 2.75) is 24.8 Å². The lowest BCUT2D eigenvalue weighted by Gasteiger charge is -2.39. The fourth-order valence-corrected chi connectivity index (χ4v) is 3.86. The molecule has 1 aliphatic heterocycles. The van der Waals surface area contributed by atoms with Gasteiger partial charge >= 0.3 is 0 Å². The van der Waals surface area contributed by atoms with Gasteiger partial charge in [-0.1, -0.05) is 41.9 Å². The zero-order valence-corrected chi connectivity index (χ0v) is 13.7. The molecule has 0 amide bonds. The minimum absolute atomic E-state index is 0.338. The van der Waals surface area contributed by atoms with Gasteiger partial charge in [0.1, 0.15) is 22.5 Å². The first-order valence-corrected chi connectivity index (χ1v) is 8.29. The number of pyridine rings is 1. The number of aliphatic imine (C=N–C) groups is 1. The second-order valence-electron chi connectivity index (χ2n) is 5.97. The molecule has 1 spiro atoms. The number of aryl methyl sites for hydroxylation is 1. The van der Waals surface area contributed by atoms with Crippen molar-refractivity contribution in [2.75, 3.05) is 0 Å². The summed E-state index contributed by atoms with van der Waals surface area (Å²) in [7, 11) is 0. The standard InChI is InChI=1S/C19H15ClN4/c20-17-15(12-21)19(10-5-7-13-6-1-2-8-14(13)19)24-18(23-17)16-9-3-4-11-22-16/h1-4,6,8-9,11H,5,7,10H2,(H,23,24). The predicted molar refractivity (Wildman–Crippen MR) is 93.5 cm³/mol. The highest BCUT2D eigenvalue weighted by Gasteiger charge is 2.44. The largest absolute Gasteiger partial charge is 0.328 e. The van der Waals surface area contributed by atoms with Crippen LogP contribution in [0.4, 0.5) is 0 Å². The second kappa shape index (κ2) is 5.77. The van der Waals surface area contributed by atoms with Gasteiger partial charge in [0.05, 0.1) is 5.57 Å². The smallest absolute Gasteiger partial charge is 0.153 e. The third-order valence-electron chi connectivity index (χ3n) is 4.63. The molecule has 1 aromatic carbocycles. The molecular formula is C19H15ClN4. The molecule has 1 aromatic heterocycles. The molecule has 0 radical (unpaired) electrons. The van der Waals surface area contributed by atoms with Crippen LogP contribution in [0.5, 0.6) is 0 Å². The number of rotatable bonds is 1. The van der Waals surface area contributed by atoms with Crippen LogP contribution in [-0.2, 0) is 12.0 Å². The summed E-state index contributed by atoms with van der Waals surface area (Å²) in [5.41, 5.74) is 2.78. The van der Waals surface area contributed by atoms with E-state index in [1.54, 1.807) is 6.20 Å². The number of benzene rings is 1. The lowest BCUT2D eigenvalue weighted by atomic mass is 9.72. The third-order valence-corrected chi connectivity index (χ3v) is 4.91. The van der Waals surface area contributed by atoms with Crippen molar-refractivity contribution >= 4 is 17.4 Å². The van der Waals surface area contributed by atoms with Gasteiger partial charge in [-0.25, -0.2) is 4.99 Å². The molecule has 1 aliphatic carbocycles. The van der Waals surface area contributed by atoms with Crippen LogP contribution in [0, 0.1) is 11.3 Å². The van der Waals surface area contributed by atoms with Crippen LogP contribution in [0.2, 0.25) is 0 Å². The Labute approximate surface area is 145 Å². The van der Waals surface area contributed by atoms with E-state index in [0.29, 0.717) is 16.6 Å². The fourth-order valence-electron chi connectivity index (χ4n) is 3.58. The Hall–Kier alpha value is -2.64. The van der Waals surface area contributed by atoms with Gasteiger partial charge in [0, 0.05) is 6.20 Å². The number of aromatic nitrogens is 1. The lowest BCUT2D eigenvalue weighted by Crippen LogP contribution is -2.41. The minimum atomic E-state index is -0.723. The first kappa shape index (κ1) is 14.9. The summed E-state index contributed by atoms with van der Waals surface area (Å²) in [6, 6.07) is 16.1. The fraction of sp³-hybridized carbons (Fsp3) is 0.211. The van der Waals surface area contributed by atoms with E-state index < -0.39 is 5.54 Å². The van der Waals surface area contributed by atoms with E-state index in [4.69, 9.17) is 16.6 Å². The van der Waals surface area contributed by atoms with Crippen LogP contribution in [-0.4, -0.2) is 10.8 Å². The van der Waals surface area contributed by atoms with Crippen LogP contribution in [0.1, 0.15) is 29.7 Å². The normalized spacial score (nSPS) is 22.4. The van der Waals surface area contributed by atoms with Gasteiger partial charge in [0.15, 0.2) is 5.84 Å². The molecule has 0 fully saturated rings. The number of amidine groups is 1. The molecule has 0 saturated carbocycles. The van der Waals surface area contributed by atoms with E-state index in [1.165, 1.54) is 5.56 Å². The van der Waals surface area contributed by atoms with E-state index in [1.807, 2.05) is 30.3 Å². The number of nitriles is 1. The molecule has 1 N–H and O–H groups in total. The summed E-state index contributed by atoms with van der Waals surface area (Å²) >= 11 is 6.45. The number of nitrogens with one attached hydrogen (secondary N) is 1. The number of hydrogen-bond acceptors (Lipinski definition) is 4. The highest BCUT2D eigenvalue weighted by atomic mass is 35.5. The quantitative estimate of drug-likeness (QED) is 0.810. The second-order valence-corrected chi connectivity index (χ2v) is 6.35. The van der Waals surface area contributed by atoms with E-state index in [2.05, 4.69) is 28.5 Å². The van der Waals surface area contributed by atoms with E-state index in [9.17, 15) is 5.26 Å². The maximum absolute atomic E-state index is 9.74. The topological polar surface area (TPSA) is 61.1 Å². The molecule has 0 saturated heterocycles. The lowest BCUT2D eigenvalue weighted by molar-refractivity contribution is 0.438. The zero-order chi connectivity index (χ0) is 16.6. The Morgan fingerprint density at radius 1 is 1.17 bits per heavy atom. The molecule has 1 unspecified atom stereocenters. The molecule has 24 heavy (non-hydrogen) atoms. The maximum atomic E-state index is 9.74. The SMILES string of the molecule is N#CC1=C(Cl)NC(c2ccccn2)=NC12CCCc1ccccc12. The van der Waals surface area contributed by atoms with Crippen LogP contribution >= 0.6 is 11.6 Å². The van der Waals surface area contributed by atoms with Crippen LogP contribution in [0.3, 0.4) is 0 Å². The molecule has 2 heterocycles. The predicted octanol–water partition coefficient (Wildman–Crippen LogP) is 3.64. The van der Waals surface area contributed by atoms with Crippen LogP contribution < -0.4 is 5.32 Å². The van der Waals surface area contributed by atoms with E-state index >= 15 is 0 Å². The van der Waals surface area contributed by atoms with E-state index in [-0.39, 0.29) is 0 Å². The number of fused-ring (bicyclic) bond motifs is 2. The van der Waals surface area contributed by atoms with Crippen molar-refractivity contribution in [3.63, 3.8) is 0 Å². The average molecular weight is 335 g/mol. The highest BCUT2D eigenvalue weighted by molar-refractivity contribution is 6.32. The first-order chi connectivity index (χ1) is 11.7. The van der Waals surface area contributed by atoms with Gasteiger partial charge in [-0.2, -0.15) is 5.26 Å². The Kier molecular flexibility index (Phi) is 3.59. The van der Waals surface area contributed by atoms with Gasteiger partial charge in [0.25, 0.3) is 0 Å². The summed E-state index contributed by atoms with van der Waals surface area (Å²) in [4.78, 5) is 9.33. The third kappa shape index (κ3) is 2.21. The molecule has 118 valence electrons. The van der Waals surface area contributed by atoms with Crippen molar-refractivity contribution in [2.24, 2.45) is 4.99 Å². The molecule has 4 nitrogen and oxygen atoms in total. The number of hydrogen-bond donors (Lipinski definition) is 1. The monoisotopic (exact) mass is 334 g/mol. The van der Waals surface area contributed by atoms with Crippen molar-refractivity contribution in [3.05, 3.63) is 76.2 Å². The van der Waals surface area contributed by atoms with Crippen molar-refractivity contribution in [1.82, 2.24) is 10.3 Å². The van der Waals surface area contributed by atoms with Gasteiger partial charge < -0.3 is 5.32 Å². The zero-order valence-electron chi connectivity index (χ0n) is 13.0. The average Bonchev–Trinajstić information content (AvgIpc) is 2.63. The highest BCUT2D eigenvalue weighted by Crippen LogP contribution is 2.46. The molecule has 1 atom stereocenters. The van der Waals surface area contributed by atoms with Crippen molar-refractivity contribution in [3.8, 4) is 6.07 Å². The summed E-state index contributed by atoms with van der Waals surface area (Å²) in [6.07, 6.45) is 4.45. The van der Waals surface area contributed by atoms with Gasteiger partial charge in [0.2, 0.25) is 0 Å². The summed E-state index contributed by atoms with van der Waals surface area (Å²) < 4.78 is 0. The van der Waals surface area contributed by atoms with Gasteiger partial charge in [-0.3, -0.25) is 4.98 Å². The Morgan fingerprint density at radius 2 is 2.00 bits per heavy atom. The molecule has 2 aromatic rings. The molecular weight excluding hydrogens is 320 g/mol. The molecule has 4 rings (SSSR count). The summed E-state index contributed by atoms with van der Waals surface area (Å²) in [5.74, 6) is 0.608. The first-order valence-electron chi connectivity index (χ1n) is 7.91. The van der Waals surface area contributed by atoms with E-state index in [0.717, 1.165) is 30.5 Å². The number of halogens is 1. The molecule has 0 bridgehead atoms. The molecule has 2 aliphatic rings. The van der Waals surface area contributed by atoms with Crippen LogP contribution in [0.15, 0.2) is 64.4 Å². The van der Waals surface area contributed by atoms with Gasteiger partial charge in [-0.05, 0) is 42.5 Å².